The van der Waals surface area contributed by atoms with Crippen LogP contribution in [-0.2, 0) is 30.0 Å². The second-order valence-electron chi connectivity index (χ2n) is 7.64. The molecule has 11 nitrogen and oxygen atoms in total. The van der Waals surface area contributed by atoms with Crippen LogP contribution in [0.25, 0.3) is 11.0 Å². The van der Waals surface area contributed by atoms with Gasteiger partial charge in [0.1, 0.15) is 22.7 Å². The van der Waals surface area contributed by atoms with E-state index >= 15 is 0 Å². The molecule has 0 bridgehead atoms. The molecule has 3 unspecified atom stereocenters. The maximum absolute atomic E-state index is 11.9. The van der Waals surface area contributed by atoms with Gasteiger partial charge in [0.25, 0.3) is 0 Å². The molecule has 0 aliphatic carbocycles. The standard InChI is InChI=1S/C11H9N3O3S.C11H9N3O2S/c15-8-6-18(17)9(11(16)13-8)10-12-5-7-3-1-2-4-14(7)10;15-8-6-17-9(11(16)13-8)10-12-5-7-3-1-2-4-14(7)10/h1-5,9H,6H2,(H,13,15,16);1-5,9H,6H2,(H,13,15,16). The van der Waals surface area contributed by atoms with Crippen LogP contribution in [-0.4, -0.2) is 58.1 Å². The summed E-state index contributed by atoms with van der Waals surface area (Å²) < 4.78 is 15.5. The van der Waals surface area contributed by atoms with E-state index in [2.05, 4.69) is 20.6 Å². The zero-order chi connectivity index (χ0) is 24.5. The quantitative estimate of drug-likeness (QED) is 0.372. The molecule has 2 aliphatic heterocycles. The van der Waals surface area contributed by atoms with Gasteiger partial charge in [0.05, 0.1) is 40.0 Å². The van der Waals surface area contributed by atoms with Crippen LogP contribution in [0.3, 0.4) is 0 Å². The highest BCUT2D eigenvalue weighted by Crippen LogP contribution is 2.31. The first-order chi connectivity index (χ1) is 16.9. The summed E-state index contributed by atoms with van der Waals surface area (Å²) >= 11 is 1.31. The number of imide groups is 2. The molecule has 13 heteroatoms. The molecule has 4 amide bonds. The van der Waals surface area contributed by atoms with Gasteiger partial charge >= 0.3 is 0 Å². The van der Waals surface area contributed by atoms with Crippen LogP contribution in [0.1, 0.15) is 22.1 Å². The van der Waals surface area contributed by atoms with Crippen molar-refractivity contribution in [2.45, 2.75) is 10.5 Å². The Hall–Kier alpha value is -3.84. The summed E-state index contributed by atoms with van der Waals surface area (Å²) in [7, 11) is -1.57. The van der Waals surface area contributed by atoms with Crippen molar-refractivity contribution in [3.63, 3.8) is 0 Å². The first-order valence-corrected chi connectivity index (χ1v) is 12.9. The van der Waals surface area contributed by atoms with Gasteiger partial charge in [0.15, 0.2) is 5.25 Å². The molecule has 2 aliphatic rings. The van der Waals surface area contributed by atoms with Gasteiger partial charge in [-0.15, -0.1) is 11.8 Å². The normalized spacial score (nSPS) is 22.5. The van der Waals surface area contributed by atoms with Crippen molar-refractivity contribution in [1.82, 2.24) is 29.4 Å². The Morgan fingerprint density at radius 3 is 2.06 bits per heavy atom. The summed E-state index contributed by atoms with van der Waals surface area (Å²) in [5.41, 5.74) is 1.75. The third kappa shape index (κ3) is 4.47. The van der Waals surface area contributed by atoms with E-state index in [9.17, 15) is 23.4 Å². The number of nitrogens with zero attached hydrogens (tertiary/aromatic N) is 4. The summed E-state index contributed by atoms with van der Waals surface area (Å²) in [6.07, 6.45) is 6.94. The summed E-state index contributed by atoms with van der Waals surface area (Å²) in [6, 6.07) is 11.2. The minimum atomic E-state index is -1.57. The van der Waals surface area contributed by atoms with Crippen LogP contribution in [0, 0.1) is 0 Å². The number of carbonyl (C=O) groups excluding carboxylic acids is 4. The van der Waals surface area contributed by atoms with E-state index in [1.165, 1.54) is 11.8 Å². The lowest BCUT2D eigenvalue weighted by atomic mass is 10.3. The minimum absolute atomic E-state index is 0.168. The van der Waals surface area contributed by atoms with Crippen molar-refractivity contribution < 1.29 is 23.4 Å². The average molecular weight is 511 g/mol. The van der Waals surface area contributed by atoms with Crippen LogP contribution < -0.4 is 10.6 Å². The van der Waals surface area contributed by atoms with E-state index < -0.39 is 33.1 Å². The van der Waals surface area contributed by atoms with Gasteiger partial charge in [0, 0.05) is 12.4 Å². The van der Waals surface area contributed by atoms with Crippen molar-refractivity contribution >= 4 is 57.2 Å². The van der Waals surface area contributed by atoms with Gasteiger partial charge in [-0.25, -0.2) is 9.97 Å². The molecule has 0 aromatic carbocycles. The molecule has 35 heavy (non-hydrogen) atoms. The van der Waals surface area contributed by atoms with Crippen molar-refractivity contribution in [3.05, 3.63) is 72.8 Å². The molecular formula is C22H18N6O5S2. The lowest BCUT2D eigenvalue weighted by Gasteiger charge is -2.19. The Balaban J connectivity index is 0.000000145. The highest BCUT2D eigenvalue weighted by Gasteiger charge is 2.37. The molecule has 6 rings (SSSR count). The predicted molar refractivity (Wildman–Crippen MR) is 128 cm³/mol. The van der Waals surface area contributed by atoms with Gasteiger partial charge in [-0.3, -0.25) is 34.0 Å². The van der Waals surface area contributed by atoms with E-state index in [0.717, 1.165) is 11.0 Å². The molecule has 0 spiro atoms. The maximum atomic E-state index is 11.9. The highest BCUT2D eigenvalue weighted by molar-refractivity contribution is 8.01. The van der Waals surface area contributed by atoms with E-state index in [0.29, 0.717) is 11.6 Å². The molecule has 0 saturated carbocycles. The van der Waals surface area contributed by atoms with Crippen molar-refractivity contribution in [3.8, 4) is 0 Å². The third-order valence-electron chi connectivity index (χ3n) is 5.32. The fourth-order valence-corrected chi connectivity index (χ4v) is 5.92. The second-order valence-corrected chi connectivity index (χ2v) is 10.3. The molecule has 2 saturated heterocycles. The Morgan fingerprint density at radius 1 is 0.829 bits per heavy atom. The van der Waals surface area contributed by atoms with Gasteiger partial charge in [-0.2, -0.15) is 0 Å². The van der Waals surface area contributed by atoms with E-state index in [-0.39, 0.29) is 23.3 Å². The lowest BCUT2D eigenvalue weighted by molar-refractivity contribution is -0.131. The Morgan fingerprint density at radius 2 is 1.43 bits per heavy atom. The molecule has 4 aromatic rings. The number of nitrogens with one attached hydrogen (secondary N) is 2. The molecular weight excluding hydrogens is 492 g/mol. The van der Waals surface area contributed by atoms with Gasteiger partial charge in [0.2, 0.25) is 23.6 Å². The van der Waals surface area contributed by atoms with Crippen LogP contribution in [0.2, 0.25) is 0 Å². The smallest absolute Gasteiger partial charge is 0.250 e. The average Bonchev–Trinajstić information content (AvgIpc) is 3.44. The zero-order valence-corrected chi connectivity index (χ0v) is 19.6. The molecule has 6 heterocycles. The van der Waals surface area contributed by atoms with E-state index in [4.69, 9.17) is 0 Å². The summed E-state index contributed by atoms with van der Waals surface area (Å²) in [5, 5.41) is 3.20. The Kier molecular flexibility index (Phi) is 6.17. The number of hydrogen-bond acceptors (Lipinski definition) is 8. The predicted octanol–water partition coefficient (Wildman–Crippen LogP) is 0.545. The van der Waals surface area contributed by atoms with Crippen LogP contribution in [0.5, 0.6) is 0 Å². The number of thioether (sulfide) groups is 1. The van der Waals surface area contributed by atoms with Crippen LogP contribution in [0.4, 0.5) is 0 Å². The molecule has 2 N–H and O–H groups in total. The first-order valence-electron chi connectivity index (χ1n) is 10.4. The first kappa shape index (κ1) is 22.9. The largest absolute Gasteiger partial charge is 0.302 e. The van der Waals surface area contributed by atoms with Crippen LogP contribution >= 0.6 is 11.8 Å². The Labute approximate surface area is 204 Å². The number of carbonyl (C=O) groups is 4. The number of fused-ring (bicyclic) bond motifs is 2. The number of pyridine rings is 2. The maximum Gasteiger partial charge on any atom is 0.250 e. The summed E-state index contributed by atoms with van der Waals surface area (Å²) in [5.74, 6) is -0.406. The number of aromatic nitrogens is 4. The number of imidazole rings is 2. The van der Waals surface area contributed by atoms with Crippen LogP contribution in [0.15, 0.2) is 61.2 Å². The molecule has 4 aromatic heterocycles. The number of amides is 4. The van der Waals surface area contributed by atoms with Crippen molar-refractivity contribution in [1.29, 1.82) is 0 Å². The minimum Gasteiger partial charge on any atom is -0.302 e. The fraction of sp³-hybridized carbons (Fsp3) is 0.182. The SMILES string of the molecule is O=C1CS(=O)C(c2ncc3ccccn23)C(=O)N1.O=C1CSC(c2ncc3ccccn23)C(=O)N1. The third-order valence-corrected chi connectivity index (χ3v) is 8.01. The van der Waals surface area contributed by atoms with E-state index in [1.54, 1.807) is 29.1 Å². The molecule has 178 valence electrons. The van der Waals surface area contributed by atoms with Gasteiger partial charge in [-0.1, -0.05) is 12.1 Å². The monoisotopic (exact) mass is 510 g/mol. The van der Waals surface area contributed by atoms with Crippen molar-refractivity contribution in [2.75, 3.05) is 11.5 Å². The fourth-order valence-electron chi connectivity index (χ4n) is 3.79. The van der Waals surface area contributed by atoms with E-state index in [1.807, 2.05) is 40.9 Å². The molecule has 3 atom stereocenters. The topological polar surface area (TPSA) is 144 Å². The number of hydrogen-bond donors (Lipinski definition) is 2. The summed E-state index contributed by atoms with van der Waals surface area (Å²) in [4.78, 5) is 54.1. The number of rotatable bonds is 2. The summed E-state index contributed by atoms with van der Waals surface area (Å²) in [6.45, 7) is 0. The van der Waals surface area contributed by atoms with Gasteiger partial charge in [-0.05, 0) is 24.3 Å². The lowest BCUT2D eigenvalue weighted by Crippen LogP contribution is -2.45. The Bertz CT molecular complexity index is 1490. The highest BCUT2D eigenvalue weighted by atomic mass is 32.2. The second kappa shape index (κ2) is 9.43. The van der Waals surface area contributed by atoms with Gasteiger partial charge < -0.3 is 8.80 Å². The molecule has 2 fully saturated rings. The zero-order valence-electron chi connectivity index (χ0n) is 18.0. The molecule has 0 radical (unpaired) electrons. The van der Waals surface area contributed by atoms with Crippen molar-refractivity contribution in [2.24, 2.45) is 0 Å².